The van der Waals surface area contributed by atoms with Crippen LogP contribution in [0.1, 0.15) is 6.92 Å². The Morgan fingerprint density at radius 2 is 1.89 bits per heavy atom. The first-order valence-corrected chi connectivity index (χ1v) is 13.2. The lowest BCUT2D eigenvalue weighted by atomic mass is 10.1. The van der Waals surface area contributed by atoms with Crippen molar-refractivity contribution in [1.82, 2.24) is 19.3 Å². The van der Waals surface area contributed by atoms with Crippen molar-refractivity contribution in [2.45, 2.75) is 25.2 Å². The summed E-state index contributed by atoms with van der Waals surface area (Å²) in [6.45, 7) is 7.26. The van der Waals surface area contributed by atoms with Crippen LogP contribution in [-0.2, 0) is 17.9 Å². The molecule has 0 saturated carbocycles. The Labute approximate surface area is 221 Å². The number of rotatable bonds is 8. The van der Waals surface area contributed by atoms with Gasteiger partial charge in [-0.05, 0) is 49.4 Å². The summed E-state index contributed by atoms with van der Waals surface area (Å²) in [5.41, 5.74) is 3.63. The Kier molecular flexibility index (Phi) is 6.84. The number of fused-ring (bicyclic) bond motifs is 3. The molecule has 1 amide bonds. The molecular weight excluding hydrogens is 538 g/mol. The van der Waals surface area contributed by atoms with Crippen LogP contribution in [0.15, 0.2) is 82.9 Å². The topological polar surface area (TPSA) is 85.0 Å². The Hall–Kier alpha value is -3.56. The van der Waals surface area contributed by atoms with E-state index in [-0.39, 0.29) is 17.4 Å². The van der Waals surface area contributed by atoms with Crippen molar-refractivity contribution in [1.29, 1.82) is 0 Å². The summed E-state index contributed by atoms with van der Waals surface area (Å²) < 4.78 is 4.92. The van der Waals surface area contributed by atoms with E-state index >= 15 is 0 Å². The first kappa shape index (κ1) is 24.1. The number of carbonyl (C=O) groups excluding carboxylic acids is 1. The number of benzene rings is 3. The Bertz CT molecular complexity index is 1610. The van der Waals surface area contributed by atoms with Crippen LogP contribution in [0.4, 0.5) is 5.69 Å². The van der Waals surface area contributed by atoms with E-state index in [4.69, 9.17) is 0 Å². The quantitative estimate of drug-likeness (QED) is 0.168. The number of halogens is 1. The van der Waals surface area contributed by atoms with Crippen LogP contribution in [0.25, 0.3) is 33.2 Å². The smallest absolute Gasteiger partial charge is 0.234 e. The van der Waals surface area contributed by atoms with Gasteiger partial charge in [-0.3, -0.25) is 9.36 Å². The maximum Gasteiger partial charge on any atom is 0.234 e. The molecule has 2 aromatic heterocycles. The van der Waals surface area contributed by atoms with Crippen molar-refractivity contribution in [3.05, 3.63) is 77.8 Å². The summed E-state index contributed by atoms with van der Waals surface area (Å²) in [5.74, 6) is 0.632. The van der Waals surface area contributed by atoms with Crippen LogP contribution >= 0.6 is 27.7 Å². The van der Waals surface area contributed by atoms with Crippen LogP contribution in [-0.4, -0.2) is 36.1 Å². The van der Waals surface area contributed by atoms with E-state index < -0.39 is 0 Å². The van der Waals surface area contributed by atoms with Crippen molar-refractivity contribution < 1.29 is 9.90 Å². The van der Waals surface area contributed by atoms with Gasteiger partial charge in [-0.15, -0.1) is 16.8 Å². The lowest BCUT2D eigenvalue weighted by molar-refractivity contribution is -0.113. The summed E-state index contributed by atoms with van der Waals surface area (Å²) in [6, 6.07) is 19.5. The zero-order chi connectivity index (χ0) is 25.2. The molecule has 0 unspecified atom stereocenters. The molecule has 0 atom stereocenters. The molecule has 0 aliphatic heterocycles. The molecule has 0 bridgehead atoms. The number of hydrogen-bond acceptors (Lipinski definition) is 5. The number of carbonyl (C=O) groups is 1. The number of phenols is 1. The fraction of sp³-hybridized carbons (Fsp3) is 0.148. The first-order chi connectivity index (χ1) is 17.5. The molecule has 5 aromatic rings. The second-order valence-corrected chi connectivity index (χ2v) is 10.1. The third-order valence-corrected chi connectivity index (χ3v) is 7.39. The number of nitrogens with one attached hydrogen (secondary N) is 1. The molecule has 0 fully saturated rings. The number of hydrogen-bond donors (Lipinski definition) is 2. The third-order valence-electron chi connectivity index (χ3n) is 5.93. The zero-order valence-electron chi connectivity index (χ0n) is 19.6. The monoisotopic (exact) mass is 561 g/mol. The van der Waals surface area contributed by atoms with E-state index in [1.807, 2.05) is 28.8 Å². The molecule has 2 heterocycles. The van der Waals surface area contributed by atoms with Gasteiger partial charge in [0.25, 0.3) is 0 Å². The Morgan fingerprint density at radius 3 is 2.69 bits per heavy atom. The van der Waals surface area contributed by atoms with Gasteiger partial charge in [0.1, 0.15) is 5.75 Å². The van der Waals surface area contributed by atoms with Crippen LogP contribution < -0.4 is 5.32 Å². The average Bonchev–Trinajstić information content (AvgIpc) is 3.42. The second-order valence-electron chi connectivity index (χ2n) is 8.20. The second kappa shape index (κ2) is 10.2. The maximum absolute atomic E-state index is 12.8. The highest BCUT2D eigenvalue weighted by atomic mass is 79.9. The van der Waals surface area contributed by atoms with Crippen molar-refractivity contribution in [2.24, 2.45) is 0 Å². The molecule has 182 valence electrons. The number of aryl methyl sites for hydroxylation is 1. The number of phenolic OH excluding ortho intramolecular Hbond substituents is 1. The van der Waals surface area contributed by atoms with E-state index in [9.17, 15) is 9.90 Å². The molecule has 0 saturated heterocycles. The number of aromatic nitrogens is 4. The zero-order valence-corrected chi connectivity index (χ0v) is 22.0. The van der Waals surface area contributed by atoms with Crippen molar-refractivity contribution in [2.75, 3.05) is 11.1 Å². The molecule has 5 rings (SSSR count). The minimum atomic E-state index is -0.140. The normalized spacial score (nSPS) is 11.3. The SMILES string of the molecule is C=CCn1c(SCC(=O)Nc2ccc3c(c2)c2ccccc2n3CC)nnc1-c1cc(Br)ccc1O. The van der Waals surface area contributed by atoms with Crippen LogP contribution in [0.5, 0.6) is 5.75 Å². The number of nitrogens with zero attached hydrogens (tertiary/aromatic N) is 4. The van der Waals surface area contributed by atoms with Crippen LogP contribution in [0, 0.1) is 0 Å². The van der Waals surface area contributed by atoms with Crippen LogP contribution in [0.3, 0.4) is 0 Å². The lowest BCUT2D eigenvalue weighted by Crippen LogP contribution is -2.14. The molecule has 0 radical (unpaired) electrons. The molecule has 0 aliphatic rings. The Balaban J connectivity index is 1.35. The lowest BCUT2D eigenvalue weighted by Gasteiger charge is -2.10. The van der Waals surface area contributed by atoms with Gasteiger partial charge < -0.3 is 15.0 Å². The highest BCUT2D eigenvalue weighted by Gasteiger charge is 2.18. The minimum Gasteiger partial charge on any atom is -0.507 e. The van der Waals surface area contributed by atoms with E-state index in [1.165, 1.54) is 22.7 Å². The minimum absolute atomic E-state index is 0.102. The number of para-hydroxylation sites is 1. The van der Waals surface area contributed by atoms with Crippen molar-refractivity contribution in [3.63, 3.8) is 0 Å². The van der Waals surface area contributed by atoms with Gasteiger partial charge in [0.2, 0.25) is 5.91 Å². The number of anilines is 1. The number of allylic oxidation sites excluding steroid dienone is 1. The van der Waals surface area contributed by atoms with E-state index in [0.29, 0.717) is 23.1 Å². The largest absolute Gasteiger partial charge is 0.507 e. The molecule has 7 nitrogen and oxygen atoms in total. The summed E-state index contributed by atoms with van der Waals surface area (Å²) in [5, 5.41) is 24.7. The third kappa shape index (κ3) is 4.52. The first-order valence-electron chi connectivity index (χ1n) is 11.5. The van der Waals surface area contributed by atoms with E-state index in [2.05, 4.69) is 67.7 Å². The van der Waals surface area contributed by atoms with Crippen molar-refractivity contribution >= 4 is 61.1 Å². The van der Waals surface area contributed by atoms with E-state index in [0.717, 1.165) is 27.6 Å². The fourth-order valence-electron chi connectivity index (χ4n) is 4.38. The standard InChI is InChI=1S/C27H24BrN5O2S/c1-3-13-33-26(21-14-17(28)9-12-24(21)34)30-31-27(33)36-16-25(35)29-18-10-11-23-20(15-18)19-7-5-6-8-22(19)32(23)4-2/h3,5-12,14-15,34H,1,4,13,16H2,2H3,(H,29,35). The van der Waals surface area contributed by atoms with Crippen LogP contribution in [0.2, 0.25) is 0 Å². The van der Waals surface area contributed by atoms with Gasteiger partial charge in [-0.25, -0.2) is 0 Å². The molecule has 2 N–H and O–H groups in total. The number of thioether (sulfide) groups is 1. The number of aromatic hydroxyl groups is 1. The Morgan fingerprint density at radius 1 is 1.08 bits per heavy atom. The average molecular weight is 562 g/mol. The number of amides is 1. The van der Waals surface area contributed by atoms with Gasteiger partial charge in [-0.2, -0.15) is 0 Å². The molecule has 9 heteroatoms. The van der Waals surface area contributed by atoms with E-state index in [1.54, 1.807) is 24.3 Å². The van der Waals surface area contributed by atoms with Gasteiger partial charge in [0.15, 0.2) is 11.0 Å². The predicted octanol–water partition coefficient (Wildman–Crippen LogP) is 6.46. The summed E-state index contributed by atoms with van der Waals surface area (Å²) >= 11 is 4.72. The van der Waals surface area contributed by atoms with Crippen molar-refractivity contribution in [3.8, 4) is 17.1 Å². The maximum atomic E-state index is 12.8. The molecule has 3 aromatic carbocycles. The summed E-state index contributed by atoms with van der Waals surface area (Å²) in [7, 11) is 0. The van der Waals surface area contributed by atoms with Gasteiger partial charge in [-0.1, -0.05) is 52.0 Å². The summed E-state index contributed by atoms with van der Waals surface area (Å²) in [4.78, 5) is 12.8. The molecule has 0 spiro atoms. The molecular formula is C27H24BrN5O2S. The van der Waals surface area contributed by atoms with Gasteiger partial charge in [0.05, 0.1) is 11.3 Å². The van der Waals surface area contributed by atoms with Gasteiger partial charge in [0, 0.05) is 45.1 Å². The fourth-order valence-corrected chi connectivity index (χ4v) is 5.48. The summed E-state index contributed by atoms with van der Waals surface area (Å²) in [6.07, 6.45) is 1.73. The molecule has 0 aliphatic carbocycles. The highest BCUT2D eigenvalue weighted by molar-refractivity contribution is 9.10. The highest BCUT2D eigenvalue weighted by Crippen LogP contribution is 2.33. The predicted molar refractivity (Wildman–Crippen MR) is 149 cm³/mol. The molecule has 36 heavy (non-hydrogen) atoms. The van der Waals surface area contributed by atoms with Gasteiger partial charge >= 0.3 is 0 Å².